The highest BCUT2D eigenvalue weighted by Crippen LogP contribution is 2.28. The zero-order valence-corrected chi connectivity index (χ0v) is 13.9. The first-order chi connectivity index (χ1) is 11.2. The number of cyclic esters (lactones) is 1. The maximum Gasteiger partial charge on any atom is 0.409 e. The Morgan fingerprint density at radius 3 is 2.61 bits per heavy atom. The van der Waals surface area contributed by atoms with Crippen LogP contribution < -0.4 is 9.64 Å². The number of amides is 1. The first-order valence-corrected chi connectivity index (χ1v) is 8.19. The second-order valence-corrected chi connectivity index (χ2v) is 6.18. The molecule has 0 aromatic heterocycles. The molecule has 23 heavy (non-hydrogen) atoms. The average Bonchev–Trinajstić information content (AvgIpc) is 2.91. The lowest BCUT2D eigenvalue weighted by atomic mass is 10.2. The van der Waals surface area contributed by atoms with Crippen LogP contribution in [0.4, 0.5) is 10.5 Å². The van der Waals surface area contributed by atoms with Gasteiger partial charge in [-0.1, -0.05) is 12.1 Å². The van der Waals surface area contributed by atoms with E-state index in [2.05, 4.69) is 21.9 Å². The third-order valence-corrected chi connectivity index (χ3v) is 4.62. The maximum atomic E-state index is 11.4. The predicted octanol–water partition coefficient (Wildman–Crippen LogP) is 1.66. The topological polar surface area (TPSA) is 45.2 Å². The molecule has 0 bridgehead atoms. The van der Waals surface area contributed by atoms with E-state index >= 15 is 0 Å². The molecule has 1 unspecified atom stereocenters. The number of carbonyl (C=O) groups excluding carboxylic acids is 1. The number of methoxy groups -OCH3 is 1. The lowest BCUT2D eigenvalue weighted by molar-refractivity contribution is 0.121. The molecule has 6 heteroatoms. The molecule has 1 atom stereocenters. The third kappa shape index (κ3) is 3.69. The van der Waals surface area contributed by atoms with Gasteiger partial charge < -0.3 is 19.3 Å². The van der Waals surface area contributed by atoms with E-state index in [1.54, 1.807) is 19.1 Å². The number of carbonyl (C=O) groups is 1. The van der Waals surface area contributed by atoms with Crippen LogP contribution >= 0.6 is 0 Å². The molecule has 2 fully saturated rings. The van der Waals surface area contributed by atoms with Crippen molar-refractivity contribution in [1.29, 1.82) is 0 Å². The summed E-state index contributed by atoms with van der Waals surface area (Å²) >= 11 is 0. The number of hydrogen-bond acceptors (Lipinski definition) is 5. The lowest BCUT2D eigenvalue weighted by Crippen LogP contribution is -2.47. The summed E-state index contributed by atoms with van der Waals surface area (Å²) in [4.78, 5) is 17.8. The predicted molar refractivity (Wildman–Crippen MR) is 89.2 cm³/mol. The van der Waals surface area contributed by atoms with Gasteiger partial charge in [0.25, 0.3) is 0 Å². The molecule has 0 radical (unpaired) electrons. The Labute approximate surface area is 137 Å². The molecule has 6 nitrogen and oxygen atoms in total. The number of likely N-dealkylation sites (N-methyl/N-ethyl adjacent to an activating group) is 1. The monoisotopic (exact) mass is 319 g/mol. The summed E-state index contributed by atoms with van der Waals surface area (Å²) < 4.78 is 10.8. The molecule has 2 saturated heterocycles. The van der Waals surface area contributed by atoms with Crippen LogP contribution in [-0.4, -0.2) is 75.4 Å². The Kier molecular flexibility index (Phi) is 4.91. The maximum absolute atomic E-state index is 11.4. The second-order valence-electron chi connectivity index (χ2n) is 6.18. The zero-order valence-electron chi connectivity index (χ0n) is 13.9. The fraction of sp³-hybridized carbons (Fsp3) is 0.588. The standard InChI is InChI=1S/C17H25N3O3/c1-18-13-14(23-17(18)21)7-8-19-9-11-20(12-10-19)15-5-3-4-6-16(15)22-2/h3-6,14H,7-13H2,1-2H3. The summed E-state index contributed by atoms with van der Waals surface area (Å²) in [5.41, 5.74) is 1.17. The largest absolute Gasteiger partial charge is 0.495 e. The highest BCUT2D eigenvalue weighted by Gasteiger charge is 2.29. The van der Waals surface area contributed by atoms with Gasteiger partial charge in [0.15, 0.2) is 0 Å². The number of anilines is 1. The van der Waals surface area contributed by atoms with E-state index in [1.165, 1.54) is 5.69 Å². The van der Waals surface area contributed by atoms with Gasteiger partial charge in [-0.2, -0.15) is 0 Å². The summed E-state index contributed by atoms with van der Waals surface area (Å²) in [6.45, 7) is 5.71. The molecule has 0 spiro atoms. The molecule has 2 aliphatic heterocycles. The molecule has 0 N–H and O–H groups in total. The van der Waals surface area contributed by atoms with E-state index in [0.717, 1.165) is 44.9 Å². The number of para-hydroxylation sites is 2. The molecular formula is C17H25N3O3. The van der Waals surface area contributed by atoms with Gasteiger partial charge >= 0.3 is 6.09 Å². The van der Waals surface area contributed by atoms with E-state index in [9.17, 15) is 4.79 Å². The third-order valence-electron chi connectivity index (χ3n) is 4.62. The highest BCUT2D eigenvalue weighted by atomic mass is 16.6. The van der Waals surface area contributed by atoms with Crippen molar-refractivity contribution in [3.63, 3.8) is 0 Å². The van der Waals surface area contributed by atoms with Gasteiger partial charge in [-0.3, -0.25) is 4.90 Å². The van der Waals surface area contributed by atoms with E-state index in [1.807, 2.05) is 12.1 Å². The van der Waals surface area contributed by atoms with Gasteiger partial charge in [-0.05, 0) is 18.6 Å². The summed E-state index contributed by atoms with van der Waals surface area (Å²) in [6, 6.07) is 8.17. The first-order valence-electron chi connectivity index (χ1n) is 8.19. The molecule has 1 amide bonds. The van der Waals surface area contributed by atoms with Crippen molar-refractivity contribution in [1.82, 2.24) is 9.80 Å². The normalized spacial score (nSPS) is 22.3. The van der Waals surface area contributed by atoms with Gasteiger partial charge in [-0.15, -0.1) is 0 Å². The highest BCUT2D eigenvalue weighted by molar-refractivity contribution is 5.69. The summed E-state index contributed by atoms with van der Waals surface area (Å²) in [6.07, 6.45) is 0.751. The van der Waals surface area contributed by atoms with E-state index in [0.29, 0.717) is 6.54 Å². The van der Waals surface area contributed by atoms with Crippen molar-refractivity contribution in [2.45, 2.75) is 12.5 Å². The summed E-state index contributed by atoms with van der Waals surface area (Å²) in [7, 11) is 3.50. The number of nitrogens with zero attached hydrogens (tertiary/aromatic N) is 3. The summed E-state index contributed by atoms with van der Waals surface area (Å²) in [5, 5.41) is 0. The van der Waals surface area contributed by atoms with Gasteiger partial charge in [0.05, 0.1) is 19.3 Å². The minimum absolute atomic E-state index is 0.0414. The lowest BCUT2D eigenvalue weighted by Gasteiger charge is -2.36. The molecule has 2 heterocycles. The minimum Gasteiger partial charge on any atom is -0.495 e. The van der Waals surface area contributed by atoms with Crippen LogP contribution in [0.3, 0.4) is 0 Å². The van der Waals surface area contributed by atoms with Crippen LogP contribution in [-0.2, 0) is 4.74 Å². The van der Waals surface area contributed by atoms with Gasteiger partial charge in [-0.25, -0.2) is 4.79 Å². The van der Waals surface area contributed by atoms with Crippen LogP contribution in [0.1, 0.15) is 6.42 Å². The quantitative estimate of drug-likeness (QED) is 0.826. The number of piperazine rings is 1. The van der Waals surface area contributed by atoms with Crippen molar-refractivity contribution in [2.24, 2.45) is 0 Å². The smallest absolute Gasteiger partial charge is 0.409 e. The summed E-state index contributed by atoms with van der Waals surface area (Å²) in [5.74, 6) is 0.932. The molecule has 0 aliphatic carbocycles. The Morgan fingerprint density at radius 2 is 1.96 bits per heavy atom. The molecule has 2 aliphatic rings. The van der Waals surface area contributed by atoms with E-state index < -0.39 is 0 Å². The van der Waals surface area contributed by atoms with Gasteiger partial charge in [0.2, 0.25) is 0 Å². The molecule has 3 rings (SSSR count). The van der Waals surface area contributed by atoms with E-state index in [4.69, 9.17) is 9.47 Å². The molecular weight excluding hydrogens is 294 g/mol. The molecule has 126 valence electrons. The van der Waals surface area contributed by atoms with Gasteiger partial charge in [0, 0.05) is 39.8 Å². The van der Waals surface area contributed by atoms with Crippen molar-refractivity contribution >= 4 is 11.8 Å². The first kappa shape index (κ1) is 15.9. The molecule has 1 aromatic rings. The Balaban J connectivity index is 1.46. The fourth-order valence-corrected chi connectivity index (χ4v) is 3.23. The van der Waals surface area contributed by atoms with E-state index in [-0.39, 0.29) is 12.2 Å². The number of benzene rings is 1. The van der Waals surface area contributed by atoms with Crippen LogP contribution in [0, 0.1) is 0 Å². The number of ether oxygens (including phenoxy) is 2. The van der Waals surface area contributed by atoms with Crippen molar-refractivity contribution < 1.29 is 14.3 Å². The number of rotatable bonds is 5. The van der Waals surface area contributed by atoms with Crippen LogP contribution in [0.25, 0.3) is 0 Å². The molecule has 0 saturated carbocycles. The van der Waals surface area contributed by atoms with Crippen LogP contribution in [0.2, 0.25) is 0 Å². The second kappa shape index (κ2) is 7.08. The van der Waals surface area contributed by atoms with Crippen LogP contribution in [0.15, 0.2) is 24.3 Å². The SMILES string of the molecule is COc1ccccc1N1CCN(CCC2CN(C)C(=O)O2)CC1. The van der Waals surface area contributed by atoms with Crippen molar-refractivity contribution in [2.75, 3.05) is 58.3 Å². The average molecular weight is 319 g/mol. The Morgan fingerprint density at radius 1 is 1.22 bits per heavy atom. The van der Waals surface area contributed by atoms with Crippen molar-refractivity contribution in [3.05, 3.63) is 24.3 Å². The number of hydrogen-bond donors (Lipinski definition) is 0. The fourth-order valence-electron chi connectivity index (χ4n) is 3.23. The van der Waals surface area contributed by atoms with Crippen LogP contribution in [0.5, 0.6) is 5.75 Å². The Bertz CT molecular complexity index is 544. The minimum atomic E-state index is -0.198. The molecule has 1 aromatic carbocycles. The van der Waals surface area contributed by atoms with Crippen molar-refractivity contribution in [3.8, 4) is 5.75 Å². The van der Waals surface area contributed by atoms with Gasteiger partial charge in [0.1, 0.15) is 11.9 Å². The zero-order chi connectivity index (χ0) is 16.2. The Hall–Kier alpha value is -1.95.